The Hall–Kier alpha value is -4.20. The molecule has 0 N–H and O–H groups in total. The second-order valence-corrected chi connectivity index (χ2v) is 9.67. The van der Waals surface area contributed by atoms with Crippen molar-refractivity contribution < 1.29 is 30.9 Å². The van der Waals surface area contributed by atoms with Gasteiger partial charge in [-0.3, -0.25) is 0 Å². The molecule has 4 rings (SSSR count). The van der Waals surface area contributed by atoms with Crippen LogP contribution in [0.4, 0.5) is 23.4 Å². The predicted octanol–water partition coefficient (Wildman–Crippen LogP) is 4.77. The van der Waals surface area contributed by atoms with Crippen LogP contribution in [0.2, 0.25) is 0 Å². The van der Waals surface area contributed by atoms with Crippen LogP contribution in [0.15, 0.2) is 59.6 Å². The molecule has 0 saturated carbocycles. The van der Waals surface area contributed by atoms with Gasteiger partial charge >= 0.3 is 12.0 Å². The second kappa shape index (κ2) is 8.78. The van der Waals surface area contributed by atoms with Crippen LogP contribution >= 0.6 is 0 Å². The molecule has 186 valence electrons. The van der Waals surface area contributed by atoms with Crippen LogP contribution in [-0.2, 0) is 16.0 Å². The van der Waals surface area contributed by atoms with E-state index in [-0.39, 0.29) is 33.1 Å². The highest BCUT2D eigenvalue weighted by Crippen LogP contribution is 2.40. The minimum atomic E-state index is -5.06. The average Bonchev–Trinajstić information content (AvgIpc) is 3.19. The number of halogens is 4. The van der Waals surface area contributed by atoms with Crippen molar-refractivity contribution in [2.75, 3.05) is 6.26 Å². The summed E-state index contributed by atoms with van der Waals surface area (Å²) < 4.78 is 80.4. The molecule has 2 aromatic carbocycles. The number of imidazole rings is 1. The molecule has 0 unspecified atom stereocenters. The average molecular weight is 521 g/mol. The van der Waals surface area contributed by atoms with Crippen molar-refractivity contribution in [3.05, 3.63) is 82.3 Å². The molecule has 0 amide bonds. The third-order valence-electron chi connectivity index (χ3n) is 5.13. The van der Waals surface area contributed by atoms with Gasteiger partial charge in [-0.15, -0.1) is 0 Å². The van der Waals surface area contributed by atoms with Gasteiger partial charge in [0.15, 0.2) is 15.7 Å². The third kappa shape index (κ3) is 4.66. The molecule has 2 heterocycles. The monoisotopic (exact) mass is 521 g/mol. The van der Waals surface area contributed by atoms with E-state index in [0.29, 0.717) is 0 Å². The van der Waals surface area contributed by atoms with E-state index in [4.69, 9.17) is 0 Å². The van der Waals surface area contributed by atoms with E-state index in [0.717, 1.165) is 29.2 Å². The van der Waals surface area contributed by atoms with E-state index in [1.165, 1.54) is 43.3 Å². The van der Waals surface area contributed by atoms with Crippen molar-refractivity contribution >= 4 is 15.7 Å². The van der Waals surface area contributed by atoms with Gasteiger partial charge in [0.1, 0.15) is 12.0 Å². The summed E-state index contributed by atoms with van der Waals surface area (Å²) in [7, 11) is -3.74. The van der Waals surface area contributed by atoms with E-state index in [1.807, 2.05) is 0 Å². The summed E-state index contributed by atoms with van der Waals surface area (Å²) >= 11 is 0. The molecule has 0 aliphatic heterocycles. The maximum Gasteiger partial charge on any atom is 0.451 e. The summed E-state index contributed by atoms with van der Waals surface area (Å²) in [5, 5.41) is 11.7. The van der Waals surface area contributed by atoms with Crippen LogP contribution in [0, 0.1) is 22.9 Å². The van der Waals surface area contributed by atoms with Crippen molar-refractivity contribution in [2.45, 2.75) is 18.0 Å². The molecule has 2 aromatic heterocycles. The molecule has 0 fully saturated rings. The first-order valence-corrected chi connectivity index (χ1v) is 11.9. The van der Waals surface area contributed by atoms with E-state index in [1.54, 1.807) is 0 Å². The highest BCUT2D eigenvalue weighted by Gasteiger charge is 2.39. The number of aryl methyl sites for hydroxylation is 1. The van der Waals surface area contributed by atoms with Crippen LogP contribution < -0.4 is 0 Å². The molecule has 0 saturated heterocycles. The zero-order chi connectivity index (χ0) is 26.4. The zero-order valence-electron chi connectivity index (χ0n) is 18.5. The molecule has 36 heavy (non-hydrogen) atoms. The second-order valence-electron chi connectivity index (χ2n) is 7.66. The van der Waals surface area contributed by atoms with Gasteiger partial charge in [-0.2, -0.15) is 22.7 Å². The fourth-order valence-electron chi connectivity index (χ4n) is 3.53. The number of hydrogen-bond donors (Lipinski definition) is 0. The topological polar surface area (TPSA) is 121 Å². The number of rotatable bonds is 5. The number of aromatic nitrogens is 4. The Labute approximate surface area is 201 Å². The van der Waals surface area contributed by atoms with Crippen molar-refractivity contribution in [1.82, 2.24) is 19.5 Å². The lowest BCUT2D eigenvalue weighted by Crippen LogP contribution is -2.17. The van der Waals surface area contributed by atoms with E-state index in [2.05, 4.69) is 15.0 Å². The van der Waals surface area contributed by atoms with Crippen LogP contribution in [0.1, 0.15) is 11.6 Å². The van der Waals surface area contributed by atoms with Gasteiger partial charge in [-0.25, -0.2) is 22.8 Å². The van der Waals surface area contributed by atoms with Gasteiger partial charge in [0.05, 0.1) is 16.2 Å². The number of benzene rings is 2. The maximum absolute atomic E-state index is 13.9. The molecule has 0 aliphatic carbocycles. The van der Waals surface area contributed by atoms with Crippen molar-refractivity contribution in [3.63, 3.8) is 0 Å². The van der Waals surface area contributed by atoms with Gasteiger partial charge in [0.25, 0.3) is 0 Å². The highest BCUT2D eigenvalue weighted by atomic mass is 32.2. The number of sulfone groups is 1. The standard InChI is InChI=1S/C22H15F4N5O4S/c1-12-27-11-17(31(32)33)30(12)20-18(14-4-3-5-16(10-14)36(2,34)35)19(13-6-8-15(23)9-7-13)28-21(29-20)22(24,25)26/h3-11H,1-2H3. The number of hydrogen-bond acceptors (Lipinski definition) is 7. The first-order chi connectivity index (χ1) is 16.8. The molecule has 0 bridgehead atoms. The quantitative estimate of drug-likeness (QED) is 0.211. The minimum Gasteiger partial charge on any atom is -0.358 e. The Morgan fingerprint density at radius 3 is 2.28 bits per heavy atom. The molecule has 4 aromatic rings. The molecule has 0 aliphatic rings. The number of nitrogens with zero attached hydrogens (tertiary/aromatic N) is 5. The summed E-state index contributed by atoms with van der Waals surface area (Å²) in [6, 6.07) is 9.60. The van der Waals surface area contributed by atoms with Gasteiger partial charge < -0.3 is 10.1 Å². The lowest BCUT2D eigenvalue weighted by molar-refractivity contribution is -0.391. The van der Waals surface area contributed by atoms with Crippen LogP contribution in [-0.4, -0.2) is 39.1 Å². The first kappa shape index (κ1) is 24.9. The number of nitro groups is 1. The Balaban J connectivity index is 2.21. The molecule has 0 atom stereocenters. The Morgan fingerprint density at radius 2 is 1.69 bits per heavy atom. The summed E-state index contributed by atoms with van der Waals surface area (Å²) in [5.41, 5.74) is -0.404. The van der Waals surface area contributed by atoms with E-state index >= 15 is 0 Å². The Kier molecular flexibility index (Phi) is 6.08. The van der Waals surface area contributed by atoms with Crippen molar-refractivity contribution in [3.8, 4) is 28.2 Å². The predicted molar refractivity (Wildman–Crippen MR) is 119 cm³/mol. The van der Waals surface area contributed by atoms with Crippen LogP contribution in [0.25, 0.3) is 28.2 Å². The minimum absolute atomic E-state index is 0.0331. The summed E-state index contributed by atoms with van der Waals surface area (Å²) in [4.78, 5) is 21.8. The SMILES string of the molecule is Cc1ncc([N+](=O)[O-])n1-c1nc(C(F)(F)F)nc(-c2ccc(F)cc2)c1-c1cccc(S(C)(=O)=O)c1. The van der Waals surface area contributed by atoms with Crippen LogP contribution in [0.5, 0.6) is 0 Å². The molecule has 14 heteroatoms. The molecule has 0 radical (unpaired) electrons. The molecular weight excluding hydrogens is 506 g/mol. The zero-order valence-corrected chi connectivity index (χ0v) is 19.3. The lowest BCUT2D eigenvalue weighted by atomic mass is 9.99. The third-order valence-corrected chi connectivity index (χ3v) is 6.24. The fraction of sp³-hybridized carbons (Fsp3) is 0.136. The summed E-state index contributed by atoms with van der Waals surface area (Å²) in [6.07, 6.45) is -3.25. The summed E-state index contributed by atoms with van der Waals surface area (Å²) in [5.74, 6) is -3.55. The van der Waals surface area contributed by atoms with Gasteiger partial charge in [-0.05, 0) is 46.9 Å². The highest BCUT2D eigenvalue weighted by molar-refractivity contribution is 7.90. The largest absolute Gasteiger partial charge is 0.451 e. The van der Waals surface area contributed by atoms with E-state index < -0.39 is 44.2 Å². The lowest BCUT2D eigenvalue weighted by Gasteiger charge is -2.16. The van der Waals surface area contributed by atoms with E-state index in [9.17, 15) is 36.1 Å². The van der Waals surface area contributed by atoms with Crippen molar-refractivity contribution in [1.29, 1.82) is 0 Å². The normalized spacial score (nSPS) is 12.1. The first-order valence-electron chi connectivity index (χ1n) is 10.0. The summed E-state index contributed by atoms with van der Waals surface area (Å²) in [6.45, 7) is 1.33. The van der Waals surface area contributed by atoms with Crippen molar-refractivity contribution in [2.24, 2.45) is 0 Å². The molecule has 0 spiro atoms. The van der Waals surface area contributed by atoms with Gasteiger partial charge in [0.2, 0.25) is 11.6 Å². The number of alkyl halides is 3. The van der Waals surface area contributed by atoms with Crippen LogP contribution in [0.3, 0.4) is 0 Å². The smallest absolute Gasteiger partial charge is 0.358 e. The maximum atomic E-state index is 13.9. The fourth-order valence-corrected chi connectivity index (χ4v) is 4.19. The molecule has 9 nitrogen and oxygen atoms in total. The molecular formula is C22H15F4N5O4S. The Bertz CT molecular complexity index is 1600. The van der Waals surface area contributed by atoms with Gasteiger partial charge in [-0.1, -0.05) is 12.1 Å². The van der Waals surface area contributed by atoms with Gasteiger partial charge in [0, 0.05) is 18.7 Å². The Morgan fingerprint density at radius 1 is 1.03 bits per heavy atom.